The van der Waals surface area contributed by atoms with Gasteiger partial charge in [0.05, 0.1) is 13.7 Å². The van der Waals surface area contributed by atoms with Crippen LogP contribution in [0.15, 0.2) is 48.5 Å². The first-order valence-corrected chi connectivity index (χ1v) is 8.02. The van der Waals surface area contributed by atoms with Crippen molar-refractivity contribution in [1.82, 2.24) is 10.6 Å². The zero-order valence-electron chi connectivity index (χ0n) is 14.2. The number of benzene rings is 2. The number of nitrogens with one attached hydrogen (secondary N) is 2. The summed E-state index contributed by atoms with van der Waals surface area (Å²) in [4.78, 5) is 11.8. The SMILES string of the molecule is COc1ccccc1CNC(=O)NCCCOc1ccccc1C. The predicted molar refractivity (Wildman–Crippen MR) is 94.5 cm³/mol. The van der Waals surface area contributed by atoms with E-state index >= 15 is 0 Å². The van der Waals surface area contributed by atoms with Crippen molar-refractivity contribution < 1.29 is 14.3 Å². The molecular formula is C19H24N2O3. The van der Waals surface area contributed by atoms with E-state index in [0.717, 1.165) is 29.0 Å². The topological polar surface area (TPSA) is 59.6 Å². The van der Waals surface area contributed by atoms with Gasteiger partial charge in [-0.25, -0.2) is 4.79 Å². The van der Waals surface area contributed by atoms with Crippen LogP contribution in [0.4, 0.5) is 4.79 Å². The third-order valence-electron chi connectivity index (χ3n) is 3.59. The molecule has 0 fully saturated rings. The highest BCUT2D eigenvalue weighted by Crippen LogP contribution is 2.17. The second-order valence-electron chi connectivity index (χ2n) is 5.39. The Morgan fingerprint density at radius 2 is 1.71 bits per heavy atom. The smallest absolute Gasteiger partial charge is 0.315 e. The maximum atomic E-state index is 11.8. The average molecular weight is 328 g/mol. The summed E-state index contributed by atoms with van der Waals surface area (Å²) in [7, 11) is 1.62. The van der Waals surface area contributed by atoms with Gasteiger partial charge in [0.25, 0.3) is 0 Å². The Labute approximate surface area is 143 Å². The molecule has 0 aliphatic carbocycles. The van der Waals surface area contributed by atoms with Gasteiger partial charge in [0.2, 0.25) is 0 Å². The summed E-state index contributed by atoms with van der Waals surface area (Å²) in [6.45, 7) is 3.57. The van der Waals surface area contributed by atoms with E-state index in [1.54, 1.807) is 7.11 Å². The minimum atomic E-state index is -0.197. The second-order valence-corrected chi connectivity index (χ2v) is 5.39. The number of urea groups is 1. The summed E-state index contributed by atoms with van der Waals surface area (Å²) >= 11 is 0. The fraction of sp³-hybridized carbons (Fsp3) is 0.316. The van der Waals surface area contributed by atoms with Crippen LogP contribution in [0.2, 0.25) is 0 Å². The molecule has 24 heavy (non-hydrogen) atoms. The molecule has 2 aromatic carbocycles. The van der Waals surface area contributed by atoms with Crippen molar-refractivity contribution in [3.8, 4) is 11.5 Å². The van der Waals surface area contributed by atoms with E-state index in [9.17, 15) is 4.79 Å². The van der Waals surface area contributed by atoms with Crippen molar-refractivity contribution in [3.63, 3.8) is 0 Å². The molecule has 0 saturated carbocycles. The van der Waals surface area contributed by atoms with Crippen molar-refractivity contribution in [2.45, 2.75) is 19.9 Å². The number of ether oxygens (including phenoxy) is 2. The molecule has 2 amide bonds. The van der Waals surface area contributed by atoms with Gasteiger partial charge >= 0.3 is 6.03 Å². The highest BCUT2D eigenvalue weighted by atomic mass is 16.5. The number of para-hydroxylation sites is 2. The molecule has 2 aromatic rings. The van der Waals surface area contributed by atoms with Crippen LogP contribution < -0.4 is 20.1 Å². The second kappa shape index (κ2) is 9.45. The minimum absolute atomic E-state index is 0.197. The fourth-order valence-electron chi connectivity index (χ4n) is 2.26. The van der Waals surface area contributed by atoms with Crippen LogP contribution >= 0.6 is 0 Å². The molecule has 0 aliphatic rings. The van der Waals surface area contributed by atoms with E-state index in [0.29, 0.717) is 19.7 Å². The van der Waals surface area contributed by atoms with E-state index in [-0.39, 0.29) is 6.03 Å². The van der Waals surface area contributed by atoms with Crippen LogP contribution in [0.1, 0.15) is 17.5 Å². The first-order valence-electron chi connectivity index (χ1n) is 8.02. The first kappa shape index (κ1) is 17.7. The van der Waals surface area contributed by atoms with E-state index in [1.165, 1.54) is 0 Å². The molecule has 0 aromatic heterocycles. The number of aryl methyl sites for hydroxylation is 1. The zero-order valence-corrected chi connectivity index (χ0v) is 14.2. The highest BCUT2D eigenvalue weighted by molar-refractivity contribution is 5.73. The van der Waals surface area contributed by atoms with Crippen molar-refractivity contribution in [3.05, 3.63) is 59.7 Å². The van der Waals surface area contributed by atoms with Crippen LogP contribution in [0.3, 0.4) is 0 Å². The van der Waals surface area contributed by atoms with E-state index < -0.39 is 0 Å². The lowest BCUT2D eigenvalue weighted by molar-refractivity contribution is 0.238. The molecule has 0 unspecified atom stereocenters. The molecule has 0 spiro atoms. The average Bonchev–Trinajstić information content (AvgIpc) is 2.61. The number of methoxy groups -OCH3 is 1. The lowest BCUT2D eigenvalue weighted by atomic mass is 10.2. The third-order valence-corrected chi connectivity index (χ3v) is 3.59. The summed E-state index contributed by atoms with van der Waals surface area (Å²) in [6.07, 6.45) is 0.746. The number of hydrogen-bond acceptors (Lipinski definition) is 3. The summed E-state index contributed by atoms with van der Waals surface area (Å²) in [5.74, 6) is 1.66. The summed E-state index contributed by atoms with van der Waals surface area (Å²) in [5.41, 5.74) is 2.05. The van der Waals surface area contributed by atoms with Gasteiger partial charge in [0, 0.05) is 18.7 Å². The van der Waals surface area contributed by atoms with Gasteiger partial charge in [-0.2, -0.15) is 0 Å². The van der Waals surface area contributed by atoms with Crippen LogP contribution in [-0.4, -0.2) is 26.3 Å². The van der Waals surface area contributed by atoms with Gasteiger partial charge < -0.3 is 20.1 Å². The van der Waals surface area contributed by atoms with Crippen LogP contribution in [0, 0.1) is 6.92 Å². The third kappa shape index (κ3) is 5.50. The summed E-state index contributed by atoms with van der Waals surface area (Å²) in [5, 5.41) is 5.64. The largest absolute Gasteiger partial charge is 0.496 e. The molecule has 2 rings (SSSR count). The van der Waals surface area contributed by atoms with Crippen molar-refractivity contribution in [1.29, 1.82) is 0 Å². The summed E-state index contributed by atoms with van der Waals surface area (Å²) in [6, 6.07) is 15.3. The Morgan fingerprint density at radius 1 is 1.00 bits per heavy atom. The number of carbonyl (C=O) groups is 1. The van der Waals surface area contributed by atoms with Gasteiger partial charge in [-0.15, -0.1) is 0 Å². The monoisotopic (exact) mass is 328 g/mol. The first-order chi connectivity index (χ1) is 11.7. The lowest BCUT2D eigenvalue weighted by Crippen LogP contribution is -2.36. The normalized spacial score (nSPS) is 10.1. The Morgan fingerprint density at radius 3 is 2.46 bits per heavy atom. The zero-order chi connectivity index (χ0) is 17.2. The number of hydrogen-bond donors (Lipinski definition) is 2. The van der Waals surface area contributed by atoms with Crippen LogP contribution in [-0.2, 0) is 6.54 Å². The quantitative estimate of drug-likeness (QED) is 0.731. The Hall–Kier alpha value is -2.69. The van der Waals surface area contributed by atoms with Crippen molar-refractivity contribution in [2.75, 3.05) is 20.3 Å². The Balaban J connectivity index is 1.62. The van der Waals surface area contributed by atoms with Gasteiger partial charge in [-0.1, -0.05) is 36.4 Å². The standard InChI is InChI=1S/C19H24N2O3/c1-15-8-3-5-10-17(15)24-13-7-12-20-19(22)21-14-16-9-4-6-11-18(16)23-2/h3-6,8-11H,7,12-14H2,1-2H3,(H2,20,21,22). The molecule has 5 heteroatoms. The molecule has 5 nitrogen and oxygen atoms in total. The molecule has 0 bridgehead atoms. The molecule has 128 valence electrons. The van der Waals surface area contributed by atoms with E-state index in [2.05, 4.69) is 10.6 Å². The van der Waals surface area contributed by atoms with E-state index in [4.69, 9.17) is 9.47 Å². The molecule has 0 aliphatic heterocycles. The van der Waals surface area contributed by atoms with Crippen molar-refractivity contribution in [2.24, 2.45) is 0 Å². The van der Waals surface area contributed by atoms with E-state index in [1.807, 2.05) is 55.5 Å². The lowest BCUT2D eigenvalue weighted by Gasteiger charge is -2.11. The molecule has 2 N–H and O–H groups in total. The van der Waals surface area contributed by atoms with Gasteiger partial charge in [-0.05, 0) is 31.0 Å². The molecule has 0 atom stereocenters. The molecular weight excluding hydrogens is 304 g/mol. The molecule has 0 heterocycles. The van der Waals surface area contributed by atoms with Crippen LogP contribution in [0.5, 0.6) is 11.5 Å². The number of amides is 2. The van der Waals surface area contributed by atoms with Crippen LogP contribution in [0.25, 0.3) is 0 Å². The number of rotatable bonds is 8. The summed E-state index contributed by atoms with van der Waals surface area (Å²) < 4.78 is 10.9. The highest BCUT2D eigenvalue weighted by Gasteiger charge is 2.04. The Bertz CT molecular complexity index is 659. The minimum Gasteiger partial charge on any atom is -0.496 e. The van der Waals surface area contributed by atoms with Gasteiger partial charge in [-0.3, -0.25) is 0 Å². The Kier molecular flexibility index (Phi) is 6.95. The molecule has 0 saturated heterocycles. The van der Waals surface area contributed by atoms with Crippen molar-refractivity contribution >= 4 is 6.03 Å². The fourth-order valence-corrected chi connectivity index (χ4v) is 2.26. The van der Waals surface area contributed by atoms with Gasteiger partial charge in [0.15, 0.2) is 0 Å². The molecule has 0 radical (unpaired) electrons. The number of carbonyl (C=O) groups excluding carboxylic acids is 1. The predicted octanol–water partition coefficient (Wildman–Crippen LogP) is 3.27. The maximum absolute atomic E-state index is 11.8. The van der Waals surface area contributed by atoms with Gasteiger partial charge in [0.1, 0.15) is 11.5 Å². The maximum Gasteiger partial charge on any atom is 0.315 e.